The second-order valence-corrected chi connectivity index (χ2v) is 8.79. The number of methoxy groups -OCH3 is 1. The van der Waals surface area contributed by atoms with Gasteiger partial charge in [-0.05, 0) is 13.0 Å². The molecule has 7 nitrogen and oxygen atoms in total. The van der Waals surface area contributed by atoms with Crippen LogP contribution in [0.5, 0.6) is 5.75 Å². The number of carbonyl (C=O) groups excluding carboxylic acids is 1. The number of fused-ring (bicyclic) bond motifs is 3. The fourth-order valence-corrected chi connectivity index (χ4v) is 4.98. The normalized spacial score (nSPS) is 18.7. The maximum atomic E-state index is 13.2. The SMILES string of the molecule is COc1cnc(C(=O)N2CCc3c(c4ccc(Cl)c(Cl)c4n3CC3COC3)[C@H]2C)nc1. The highest BCUT2D eigenvalue weighted by Crippen LogP contribution is 2.43. The lowest BCUT2D eigenvalue weighted by Crippen LogP contribution is -2.40. The Morgan fingerprint density at radius 1 is 1.26 bits per heavy atom. The molecule has 2 aliphatic heterocycles. The molecule has 1 amide bonds. The lowest BCUT2D eigenvalue weighted by molar-refractivity contribution is -0.0392. The van der Waals surface area contributed by atoms with Crippen molar-refractivity contribution >= 4 is 40.0 Å². The van der Waals surface area contributed by atoms with Gasteiger partial charge >= 0.3 is 0 Å². The first-order valence-electron chi connectivity index (χ1n) is 10.2. The van der Waals surface area contributed by atoms with Gasteiger partial charge in [0.2, 0.25) is 5.82 Å². The van der Waals surface area contributed by atoms with Crippen molar-refractivity contribution in [2.24, 2.45) is 5.92 Å². The molecule has 1 fully saturated rings. The molecule has 5 rings (SSSR count). The Bertz CT molecular complexity index is 1160. The summed E-state index contributed by atoms with van der Waals surface area (Å²) in [5, 5.41) is 2.12. The summed E-state index contributed by atoms with van der Waals surface area (Å²) < 4.78 is 12.8. The zero-order chi connectivity index (χ0) is 21.7. The van der Waals surface area contributed by atoms with E-state index in [1.165, 1.54) is 25.2 Å². The summed E-state index contributed by atoms with van der Waals surface area (Å²) in [6.45, 7) is 4.95. The average Bonchev–Trinajstić information content (AvgIpc) is 3.08. The molecule has 0 N–H and O–H groups in total. The third-order valence-corrected chi connectivity index (χ3v) is 7.00. The number of benzene rings is 1. The second-order valence-electron chi connectivity index (χ2n) is 8.00. The van der Waals surface area contributed by atoms with Crippen LogP contribution in [0, 0.1) is 5.92 Å². The van der Waals surface area contributed by atoms with Gasteiger partial charge in [0.1, 0.15) is 0 Å². The summed E-state index contributed by atoms with van der Waals surface area (Å²) in [5.41, 5.74) is 3.26. The first-order chi connectivity index (χ1) is 15.0. The molecule has 0 unspecified atom stereocenters. The van der Waals surface area contributed by atoms with E-state index in [0.29, 0.717) is 28.3 Å². The number of hydrogen-bond acceptors (Lipinski definition) is 5. The van der Waals surface area contributed by atoms with Crippen LogP contribution in [0.15, 0.2) is 24.5 Å². The fraction of sp³-hybridized carbons (Fsp3) is 0.409. The van der Waals surface area contributed by atoms with Crippen molar-refractivity contribution in [1.29, 1.82) is 0 Å². The van der Waals surface area contributed by atoms with E-state index in [0.717, 1.165) is 42.6 Å². The first-order valence-corrected chi connectivity index (χ1v) is 11.0. The molecule has 31 heavy (non-hydrogen) atoms. The molecular weight excluding hydrogens is 439 g/mol. The predicted molar refractivity (Wildman–Crippen MR) is 118 cm³/mol. The van der Waals surface area contributed by atoms with Crippen molar-refractivity contribution in [3.05, 3.63) is 51.7 Å². The zero-order valence-corrected chi connectivity index (χ0v) is 18.8. The van der Waals surface area contributed by atoms with Crippen LogP contribution in [0.3, 0.4) is 0 Å². The molecule has 1 atom stereocenters. The Morgan fingerprint density at radius 3 is 2.65 bits per heavy atom. The summed E-state index contributed by atoms with van der Waals surface area (Å²) in [7, 11) is 1.54. The molecule has 4 heterocycles. The molecule has 0 bridgehead atoms. The summed E-state index contributed by atoms with van der Waals surface area (Å²) in [6, 6.07) is 3.68. The number of hydrogen-bond donors (Lipinski definition) is 0. The van der Waals surface area contributed by atoms with Crippen molar-refractivity contribution in [1.82, 2.24) is 19.4 Å². The summed E-state index contributed by atoms with van der Waals surface area (Å²) in [6.07, 6.45) is 3.74. The topological polar surface area (TPSA) is 69.5 Å². The van der Waals surface area contributed by atoms with Gasteiger partial charge in [0.25, 0.3) is 5.91 Å². The van der Waals surface area contributed by atoms with Gasteiger partial charge in [0, 0.05) is 42.1 Å². The van der Waals surface area contributed by atoms with Gasteiger partial charge in [-0.1, -0.05) is 29.3 Å². The lowest BCUT2D eigenvalue weighted by Gasteiger charge is -2.35. The maximum absolute atomic E-state index is 13.2. The van der Waals surface area contributed by atoms with E-state index in [1.807, 2.05) is 24.0 Å². The number of nitrogens with zero attached hydrogens (tertiary/aromatic N) is 4. The number of rotatable bonds is 4. The van der Waals surface area contributed by atoms with Gasteiger partial charge in [-0.2, -0.15) is 0 Å². The van der Waals surface area contributed by atoms with Crippen LogP contribution in [-0.2, 0) is 17.7 Å². The van der Waals surface area contributed by atoms with Crippen LogP contribution in [0.2, 0.25) is 10.0 Å². The van der Waals surface area contributed by atoms with Crippen molar-refractivity contribution in [2.45, 2.75) is 25.9 Å². The molecule has 2 aromatic heterocycles. The summed E-state index contributed by atoms with van der Waals surface area (Å²) >= 11 is 13.0. The Kier molecular flexibility index (Phi) is 5.28. The van der Waals surface area contributed by atoms with E-state index in [1.54, 1.807) is 0 Å². The largest absolute Gasteiger partial charge is 0.494 e. The van der Waals surface area contributed by atoms with E-state index in [9.17, 15) is 4.79 Å². The molecule has 1 saturated heterocycles. The predicted octanol–water partition coefficient (Wildman–Crippen LogP) is 4.15. The third kappa shape index (κ3) is 3.35. The van der Waals surface area contributed by atoms with Gasteiger partial charge in [0.05, 0.1) is 54.3 Å². The van der Waals surface area contributed by atoms with Crippen LogP contribution in [0.1, 0.15) is 34.8 Å². The molecular formula is C22H22Cl2N4O3. The Labute approximate surface area is 189 Å². The Morgan fingerprint density at radius 2 is 2.00 bits per heavy atom. The van der Waals surface area contributed by atoms with Gasteiger partial charge in [0.15, 0.2) is 5.75 Å². The number of aromatic nitrogens is 3. The lowest BCUT2D eigenvalue weighted by atomic mass is 9.96. The second kappa shape index (κ2) is 7.97. The highest BCUT2D eigenvalue weighted by atomic mass is 35.5. The van der Waals surface area contributed by atoms with E-state index in [4.69, 9.17) is 32.7 Å². The summed E-state index contributed by atoms with van der Waals surface area (Å²) in [5.74, 6) is 0.930. The zero-order valence-electron chi connectivity index (χ0n) is 17.3. The van der Waals surface area contributed by atoms with Crippen molar-refractivity contribution < 1.29 is 14.3 Å². The molecule has 2 aliphatic rings. The maximum Gasteiger partial charge on any atom is 0.292 e. The monoisotopic (exact) mass is 460 g/mol. The number of amides is 1. The molecule has 0 radical (unpaired) electrons. The van der Waals surface area contributed by atoms with Crippen molar-refractivity contribution in [2.75, 3.05) is 26.9 Å². The fourth-order valence-electron chi connectivity index (χ4n) is 4.56. The molecule has 0 saturated carbocycles. The van der Waals surface area contributed by atoms with E-state index in [-0.39, 0.29) is 17.8 Å². The Hall–Kier alpha value is -2.35. The quantitative estimate of drug-likeness (QED) is 0.584. The minimum absolute atomic E-state index is 0.152. The van der Waals surface area contributed by atoms with E-state index < -0.39 is 0 Å². The van der Waals surface area contributed by atoms with E-state index >= 15 is 0 Å². The van der Waals surface area contributed by atoms with Crippen molar-refractivity contribution in [3.8, 4) is 5.75 Å². The van der Waals surface area contributed by atoms with Gasteiger partial charge < -0.3 is 18.9 Å². The molecule has 9 heteroatoms. The highest BCUT2D eigenvalue weighted by Gasteiger charge is 2.35. The van der Waals surface area contributed by atoms with Crippen LogP contribution in [0.4, 0.5) is 0 Å². The van der Waals surface area contributed by atoms with Gasteiger partial charge in [-0.25, -0.2) is 9.97 Å². The molecule has 0 spiro atoms. The van der Waals surface area contributed by atoms with E-state index in [2.05, 4.69) is 14.5 Å². The van der Waals surface area contributed by atoms with Gasteiger partial charge in [-0.15, -0.1) is 0 Å². The number of ether oxygens (including phenoxy) is 2. The summed E-state index contributed by atoms with van der Waals surface area (Å²) in [4.78, 5) is 23.4. The minimum Gasteiger partial charge on any atom is -0.494 e. The van der Waals surface area contributed by atoms with Crippen molar-refractivity contribution in [3.63, 3.8) is 0 Å². The third-order valence-electron chi connectivity index (χ3n) is 6.20. The van der Waals surface area contributed by atoms with Gasteiger partial charge in [-0.3, -0.25) is 4.79 Å². The average molecular weight is 461 g/mol. The number of carbonyl (C=O) groups is 1. The van der Waals surface area contributed by atoms with Crippen LogP contribution in [-0.4, -0.2) is 52.2 Å². The Balaban J connectivity index is 1.56. The van der Waals surface area contributed by atoms with Crippen LogP contribution >= 0.6 is 23.2 Å². The standard InChI is InChI=1S/C22H22Cl2N4O3/c1-12-18-15-3-4-16(23)19(24)20(15)28(9-13-10-31-11-13)17(18)5-6-27(12)22(29)21-25-7-14(30-2)8-26-21/h3-4,7-8,12-13H,5-6,9-11H2,1-2H3/t12-/m1/s1. The van der Waals surface area contributed by atoms with Crippen LogP contribution in [0.25, 0.3) is 10.9 Å². The molecule has 3 aromatic rings. The highest BCUT2D eigenvalue weighted by molar-refractivity contribution is 6.45. The van der Waals surface area contributed by atoms with Crippen LogP contribution < -0.4 is 4.74 Å². The molecule has 0 aliphatic carbocycles. The smallest absolute Gasteiger partial charge is 0.292 e. The first kappa shape index (κ1) is 20.5. The number of halogens is 2. The molecule has 1 aromatic carbocycles. The molecule has 162 valence electrons. The minimum atomic E-state index is -0.200.